The zero-order valence-corrected chi connectivity index (χ0v) is 21.0. The number of ether oxygens (including phenoxy) is 1. The molecule has 2 atom stereocenters. The number of nitrogens with one attached hydrogen (secondary N) is 1. The van der Waals surface area contributed by atoms with Crippen LogP contribution in [0, 0.1) is 5.82 Å². The second-order valence-electron chi connectivity index (χ2n) is 9.12. The van der Waals surface area contributed by atoms with E-state index < -0.39 is 21.4 Å². The zero-order valence-electron chi connectivity index (χ0n) is 20.2. The number of aromatic nitrogens is 2. The fourth-order valence-corrected chi connectivity index (χ4v) is 5.92. The van der Waals surface area contributed by atoms with Crippen LogP contribution in [0.5, 0.6) is 5.75 Å². The molecule has 0 saturated heterocycles. The van der Waals surface area contributed by atoms with Crippen LogP contribution in [0.4, 0.5) is 10.2 Å². The summed E-state index contributed by atoms with van der Waals surface area (Å²) >= 11 is 0. The minimum absolute atomic E-state index is 0.0228. The largest absolute Gasteiger partial charge is 0.495 e. The lowest BCUT2D eigenvalue weighted by Gasteiger charge is -2.16. The fourth-order valence-electron chi connectivity index (χ4n) is 4.89. The van der Waals surface area contributed by atoms with Crippen molar-refractivity contribution in [2.75, 3.05) is 11.8 Å². The Morgan fingerprint density at radius 2 is 1.84 bits per heavy atom. The van der Waals surface area contributed by atoms with Crippen molar-refractivity contribution in [3.05, 3.63) is 112 Å². The molecule has 1 saturated carbocycles. The number of methoxy groups -OCH3 is 1. The van der Waals surface area contributed by atoms with Gasteiger partial charge in [0, 0.05) is 23.6 Å². The van der Waals surface area contributed by atoms with E-state index in [0.29, 0.717) is 22.2 Å². The summed E-state index contributed by atoms with van der Waals surface area (Å²) in [6.07, 6.45) is 2.08. The van der Waals surface area contributed by atoms with Gasteiger partial charge in [-0.2, -0.15) is 0 Å². The summed E-state index contributed by atoms with van der Waals surface area (Å²) in [7, 11) is -2.49. The molecule has 6 rings (SSSR count). The van der Waals surface area contributed by atoms with E-state index in [2.05, 4.69) is 14.4 Å². The van der Waals surface area contributed by atoms with Crippen LogP contribution in [0.3, 0.4) is 0 Å². The van der Waals surface area contributed by atoms with Crippen LogP contribution in [0.1, 0.15) is 29.4 Å². The highest BCUT2D eigenvalue weighted by atomic mass is 32.2. The first-order valence-electron chi connectivity index (χ1n) is 11.9. The molecule has 0 amide bonds. The van der Waals surface area contributed by atoms with E-state index in [1.165, 1.54) is 60.4 Å². The molecule has 1 unspecified atom stereocenters. The van der Waals surface area contributed by atoms with Gasteiger partial charge in [-0.05, 0) is 59.7 Å². The molecule has 8 nitrogen and oxygen atoms in total. The number of hydrogen-bond acceptors (Lipinski definition) is 6. The SMILES string of the molecule is COc1cc(C2C[C@@H]2c2ccccc2)c(F)cc1-n1c(=O)ccc2cc(S(=O)(=O)Nc3ccon3)ccc21. The third-order valence-corrected chi connectivity index (χ3v) is 8.16. The van der Waals surface area contributed by atoms with Crippen LogP contribution in [0.2, 0.25) is 0 Å². The quantitative estimate of drug-likeness (QED) is 0.310. The van der Waals surface area contributed by atoms with Gasteiger partial charge in [-0.25, -0.2) is 12.8 Å². The second kappa shape index (κ2) is 9.14. The monoisotopic (exact) mass is 531 g/mol. The molecule has 38 heavy (non-hydrogen) atoms. The average Bonchev–Trinajstić information content (AvgIpc) is 3.55. The van der Waals surface area contributed by atoms with Crippen molar-refractivity contribution in [1.82, 2.24) is 9.72 Å². The minimum atomic E-state index is -3.96. The van der Waals surface area contributed by atoms with Crippen molar-refractivity contribution in [3.63, 3.8) is 0 Å². The van der Waals surface area contributed by atoms with E-state index in [9.17, 15) is 13.2 Å². The Morgan fingerprint density at radius 1 is 1.03 bits per heavy atom. The molecule has 3 aromatic carbocycles. The van der Waals surface area contributed by atoms with Crippen molar-refractivity contribution >= 4 is 26.7 Å². The second-order valence-corrected chi connectivity index (χ2v) is 10.8. The molecular weight excluding hydrogens is 509 g/mol. The molecule has 0 bridgehead atoms. The molecule has 192 valence electrons. The molecule has 2 aromatic heterocycles. The number of pyridine rings is 1. The maximum Gasteiger partial charge on any atom is 0.263 e. The third kappa shape index (κ3) is 4.22. The number of sulfonamides is 1. The number of nitrogens with zero attached hydrogens (tertiary/aromatic N) is 2. The summed E-state index contributed by atoms with van der Waals surface area (Å²) in [6.45, 7) is 0. The van der Waals surface area contributed by atoms with Gasteiger partial charge < -0.3 is 9.26 Å². The molecule has 2 heterocycles. The summed E-state index contributed by atoms with van der Waals surface area (Å²) < 4.78 is 55.1. The van der Waals surface area contributed by atoms with Crippen molar-refractivity contribution in [3.8, 4) is 11.4 Å². The van der Waals surface area contributed by atoms with Gasteiger partial charge in [0.2, 0.25) is 0 Å². The fraction of sp³-hybridized carbons (Fsp3) is 0.143. The molecule has 1 fully saturated rings. The predicted octanol–water partition coefficient (Wildman–Crippen LogP) is 5.20. The zero-order chi connectivity index (χ0) is 26.4. The Bertz CT molecular complexity index is 1820. The van der Waals surface area contributed by atoms with E-state index >= 15 is 4.39 Å². The van der Waals surface area contributed by atoms with E-state index in [1.807, 2.05) is 30.3 Å². The topological polar surface area (TPSA) is 103 Å². The van der Waals surface area contributed by atoms with Gasteiger partial charge in [-0.1, -0.05) is 35.5 Å². The molecule has 0 aliphatic heterocycles. The average molecular weight is 532 g/mol. The lowest BCUT2D eigenvalue weighted by molar-refractivity contribution is 0.410. The number of anilines is 1. The summed E-state index contributed by atoms with van der Waals surface area (Å²) in [5.74, 6) is 0.214. The maximum absolute atomic E-state index is 15.5. The molecule has 1 N–H and O–H groups in total. The summed E-state index contributed by atoms with van der Waals surface area (Å²) in [5, 5.41) is 4.03. The van der Waals surface area contributed by atoms with Crippen LogP contribution in [0.25, 0.3) is 16.6 Å². The highest BCUT2D eigenvalue weighted by molar-refractivity contribution is 7.92. The molecule has 0 radical (unpaired) electrons. The number of benzene rings is 3. The molecule has 5 aromatic rings. The summed E-state index contributed by atoms with van der Waals surface area (Å²) in [5.41, 5.74) is 1.93. The van der Waals surface area contributed by atoms with E-state index in [0.717, 1.165) is 12.0 Å². The maximum atomic E-state index is 15.5. The highest BCUT2D eigenvalue weighted by Crippen LogP contribution is 2.56. The van der Waals surface area contributed by atoms with Crippen LogP contribution >= 0.6 is 0 Å². The van der Waals surface area contributed by atoms with Crippen molar-refractivity contribution < 1.29 is 22.1 Å². The normalized spacial score (nSPS) is 16.9. The number of fused-ring (bicyclic) bond motifs is 1. The van der Waals surface area contributed by atoms with Gasteiger partial charge >= 0.3 is 0 Å². The first-order chi connectivity index (χ1) is 18.4. The molecule has 10 heteroatoms. The smallest absolute Gasteiger partial charge is 0.263 e. The Balaban J connectivity index is 1.40. The van der Waals surface area contributed by atoms with E-state index in [1.54, 1.807) is 6.07 Å². The first kappa shape index (κ1) is 23.9. The lowest BCUT2D eigenvalue weighted by atomic mass is 10.0. The molecule has 0 spiro atoms. The predicted molar refractivity (Wildman–Crippen MR) is 140 cm³/mol. The van der Waals surface area contributed by atoms with Crippen LogP contribution in [-0.2, 0) is 10.0 Å². The van der Waals surface area contributed by atoms with Crippen LogP contribution in [-0.4, -0.2) is 25.3 Å². The molecule has 1 aliphatic rings. The molecular formula is C28H22FN3O5S. The lowest BCUT2D eigenvalue weighted by Crippen LogP contribution is -2.19. The van der Waals surface area contributed by atoms with Gasteiger partial charge in [0.05, 0.1) is 23.2 Å². The van der Waals surface area contributed by atoms with Gasteiger partial charge in [-0.3, -0.25) is 14.1 Å². The Morgan fingerprint density at radius 3 is 2.58 bits per heavy atom. The Hall–Kier alpha value is -4.44. The Labute approximate surface area is 217 Å². The summed E-state index contributed by atoms with van der Waals surface area (Å²) in [6, 6.07) is 21.5. The van der Waals surface area contributed by atoms with Gasteiger partial charge in [0.1, 0.15) is 17.8 Å². The summed E-state index contributed by atoms with van der Waals surface area (Å²) in [4.78, 5) is 13.0. The Kier molecular flexibility index (Phi) is 5.76. The van der Waals surface area contributed by atoms with Crippen LogP contribution < -0.4 is 15.0 Å². The van der Waals surface area contributed by atoms with Gasteiger partial charge in [-0.15, -0.1) is 0 Å². The van der Waals surface area contributed by atoms with Gasteiger partial charge in [0.25, 0.3) is 15.6 Å². The number of rotatable bonds is 7. The van der Waals surface area contributed by atoms with Crippen molar-refractivity contribution in [2.45, 2.75) is 23.2 Å². The standard InChI is InChI=1S/C28H22FN3O5S/c1-36-26-15-22(21-14-20(21)17-5-3-2-4-6-17)23(29)16-25(26)32-24-9-8-19(13-18(24)7-10-28(32)33)38(34,35)31-27-11-12-37-30-27/h2-13,15-16,20-21H,14H2,1H3,(H,30,31)/t20-,21?/m1/s1. The highest BCUT2D eigenvalue weighted by Gasteiger charge is 2.41. The molecule has 1 aliphatic carbocycles. The van der Waals surface area contributed by atoms with Crippen LogP contribution in [0.15, 0.2) is 99.3 Å². The van der Waals surface area contributed by atoms with Crippen molar-refractivity contribution in [2.24, 2.45) is 0 Å². The van der Waals surface area contributed by atoms with Gasteiger partial charge in [0.15, 0.2) is 5.82 Å². The number of hydrogen-bond donors (Lipinski definition) is 1. The minimum Gasteiger partial charge on any atom is -0.495 e. The van der Waals surface area contributed by atoms with E-state index in [4.69, 9.17) is 4.74 Å². The van der Waals surface area contributed by atoms with Crippen molar-refractivity contribution in [1.29, 1.82) is 0 Å². The first-order valence-corrected chi connectivity index (χ1v) is 13.4. The third-order valence-electron chi connectivity index (χ3n) is 6.81. The number of halogens is 1. The van der Waals surface area contributed by atoms with E-state index in [-0.39, 0.29) is 28.2 Å².